The number of rotatable bonds is 3. The van der Waals surface area contributed by atoms with Gasteiger partial charge in [0.25, 0.3) is 5.56 Å². The molecule has 6 heteroatoms. The summed E-state index contributed by atoms with van der Waals surface area (Å²) in [6, 6.07) is 5.00. The maximum absolute atomic E-state index is 11.8. The maximum Gasteiger partial charge on any atom is 0.274 e. The van der Waals surface area contributed by atoms with Crippen molar-refractivity contribution in [2.75, 3.05) is 5.32 Å². The van der Waals surface area contributed by atoms with Crippen LogP contribution in [-0.4, -0.2) is 10.5 Å². The molecular weight excluding hydrogens is 312 g/mol. The average Bonchev–Trinajstić information content (AvgIpc) is 2.86. The quantitative estimate of drug-likeness (QED) is 0.882. The number of carbonyl (C=O) groups is 1. The van der Waals surface area contributed by atoms with Crippen LogP contribution in [0.15, 0.2) is 50.4 Å². The molecule has 0 fully saturated rings. The molecule has 0 spiro atoms. The Labute approximate surface area is 117 Å². The van der Waals surface area contributed by atoms with E-state index in [0.29, 0.717) is 10.2 Å². The van der Waals surface area contributed by atoms with E-state index in [9.17, 15) is 9.59 Å². The number of hydrogen-bond donors (Lipinski definition) is 1. The number of pyridine rings is 1. The summed E-state index contributed by atoms with van der Waals surface area (Å²) in [4.78, 5) is 23.5. The van der Waals surface area contributed by atoms with Gasteiger partial charge < -0.3 is 14.3 Å². The molecule has 0 radical (unpaired) electrons. The van der Waals surface area contributed by atoms with Crippen LogP contribution in [0, 0.1) is 0 Å². The van der Waals surface area contributed by atoms with Crippen LogP contribution in [0.2, 0.25) is 0 Å². The molecule has 0 aromatic carbocycles. The molecule has 2 aromatic heterocycles. The van der Waals surface area contributed by atoms with E-state index in [1.54, 1.807) is 31.4 Å². The van der Waals surface area contributed by atoms with Crippen LogP contribution in [0.1, 0.15) is 5.76 Å². The Morgan fingerprint density at radius 2 is 2.32 bits per heavy atom. The summed E-state index contributed by atoms with van der Waals surface area (Å²) in [6.45, 7) is 0. The molecule has 2 aromatic rings. The highest BCUT2D eigenvalue weighted by molar-refractivity contribution is 9.10. The lowest BCUT2D eigenvalue weighted by molar-refractivity contribution is -0.111. The number of anilines is 1. The highest BCUT2D eigenvalue weighted by Crippen LogP contribution is 2.11. The van der Waals surface area contributed by atoms with Gasteiger partial charge in [0.1, 0.15) is 11.4 Å². The van der Waals surface area contributed by atoms with Gasteiger partial charge in [-0.05, 0) is 40.2 Å². The molecule has 0 unspecified atom stereocenters. The summed E-state index contributed by atoms with van der Waals surface area (Å²) in [7, 11) is 1.61. The van der Waals surface area contributed by atoms with Gasteiger partial charge in [-0.15, -0.1) is 0 Å². The molecule has 1 N–H and O–H groups in total. The molecule has 5 nitrogen and oxygen atoms in total. The smallest absolute Gasteiger partial charge is 0.274 e. The Bertz CT molecular complexity index is 672. The predicted molar refractivity (Wildman–Crippen MR) is 75.8 cm³/mol. The van der Waals surface area contributed by atoms with Crippen LogP contribution < -0.4 is 10.9 Å². The first kappa shape index (κ1) is 13.4. The summed E-state index contributed by atoms with van der Waals surface area (Å²) in [5, 5.41) is 2.52. The molecule has 0 aliphatic rings. The van der Waals surface area contributed by atoms with E-state index in [1.807, 2.05) is 0 Å². The predicted octanol–water partition coefficient (Wildman–Crippen LogP) is 2.39. The van der Waals surface area contributed by atoms with E-state index in [4.69, 9.17) is 4.42 Å². The Hall–Kier alpha value is -2.08. The van der Waals surface area contributed by atoms with E-state index >= 15 is 0 Å². The number of furan rings is 1. The van der Waals surface area contributed by atoms with Crippen molar-refractivity contribution < 1.29 is 9.21 Å². The zero-order valence-corrected chi connectivity index (χ0v) is 11.7. The molecule has 1 amide bonds. The van der Waals surface area contributed by atoms with Crippen molar-refractivity contribution in [3.63, 3.8) is 0 Å². The minimum absolute atomic E-state index is 0.214. The van der Waals surface area contributed by atoms with Gasteiger partial charge in [0, 0.05) is 23.8 Å². The normalized spacial score (nSPS) is 10.8. The van der Waals surface area contributed by atoms with Crippen molar-refractivity contribution in [2.45, 2.75) is 0 Å². The minimum Gasteiger partial charge on any atom is -0.465 e. The van der Waals surface area contributed by atoms with E-state index < -0.39 is 5.91 Å². The molecular formula is C13H11BrN2O3. The van der Waals surface area contributed by atoms with E-state index in [-0.39, 0.29) is 11.2 Å². The highest BCUT2D eigenvalue weighted by atomic mass is 79.9. The van der Waals surface area contributed by atoms with Crippen LogP contribution in [0.5, 0.6) is 0 Å². The molecule has 0 saturated carbocycles. The van der Waals surface area contributed by atoms with E-state index in [2.05, 4.69) is 21.2 Å². The van der Waals surface area contributed by atoms with Gasteiger partial charge in [-0.2, -0.15) is 0 Å². The first-order chi connectivity index (χ1) is 9.06. The van der Waals surface area contributed by atoms with Gasteiger partial charge in [0.15, 0.2) is 0 Å². The zero-order valence-electron chi connectivity index (χ0n) is 10.1. The van der Waals surface area contributed by atoms with Crippen molar-refractivity contribution in [3.8, 4) is 0 Å². The second-order valence-corrected chi connectivity index (χ2v) is 4.74. The fourth-order valence-electron chi connectivity index (χ4n) is 1.48. The van der Waals surface area contributed by atoms with Gasteiger partial charge >= 0.3 is 0 Å². The van der Waals surface area contributed by atoms with Crippen molar-refractivity contribution >= 4 is 33.6 Å². The molecule has 2 rings (SSSR count). The number of amides is 1. The van der Waals surface area contributed by atoms with E-state index in [1.165, 1.54) is 23.0 Å². The number of aryl methyl sites for hydroxylation is 1. The number of carbonyl (C=O) groups excluding carboxylic acids is 1. The second-order valence-electron chi connectivity index (χ2n) is 3.83. The average molecular weight is 323 g/mol. The Morgan fingerprint density at radius 3 is 3.00 bits per heavy atom. The molecule has 0 bridgehead atoms. The lowest BCUT2D eigenvalue weighted by Crippen LogP contribution is -2.22. The summed E-state index contributed by atoms with van der Waals surface area (Å²) >= 11 is 3.26. The third kappa shape index (κ3) is 3.45. The molecule has 2 heterocycles. The maximum atomic E-state index is 11.8. The van der Waals surface area contributed by atoms with Crippen LogP contribution in [0.3, 0.4) is 0 Å². The second kappa shape index (κ2) is 5.71. The van der Waals surface area contributed by atoms with Crippen molar-refractivity contribution in [2.24, 2.45) is 7.05 Å². The number of nitrogens with zero attached hydrogens (tertiary/aromatic N) is 1. The Morgan fingerprint density at radius 1 is 1.53 bits per heavy atom. The van der Waals surface area contributed by atoms with Crippen LogP contribution in [-0.2, 0) is 11.8 Å². The topological polar surface area (TPSA) is 64.2 Å². The monoisotopic (exact) mass is 322 g/mol. The number of aromatic nitrogens is 1. The zero-order chi connectivity index (χ0) is 13.8. The summed E-state index contributed by atoms with van der Waals surface area (Å²) < 4.78 is 7.15. The van der Waals surface area contributed by atoms with Gasteiger partial charge in [-0.25, -0.2) is 0 Å². The van der Waals surface area contributed by atoms with Crippen molar-refractivity contribution in [1.82, 2.24) is 4.57 Å². The molecule has 0 atom stereocenters. The molecule has 98 valence electrons. The molecule has 19 heavy (non-hydrogen) atoms. The van der Waals surface area contributed by atoms with Gasteiger partial charge in [0.05, 0.1) is 6.26 Å². The molecule has 0 aliphatic carbocycles. The van der Waals surface area contributed by atoms with E-state index in [0.717, 1.165) is 0 Å². The van der Waals surface area contributed by atoms with Crippen molar-refractivity contribution in [1.29, 1.82) is 0 Å². The Kier molecular flexibility index (Phi) is 4.01. The third-order valence-corrected chi connectivity index (χ3v) is 2.78. The standard InChI is InChI=1S/C13H11BrN2O3/c1-16-8-9(14)7-11(13(16)18)15-12(17)5-4-10-3-2-6-19-10/h2-8H,1H3,(H,15,17). The van der Waals surface area contributed by atoms with Crippen LogP contribution in [0.4, 0.5) is 5.69 Å². The first-order valence-electron chi connectivity index (χ1n) is 5.45. The summed E-state index contributed by atoms with van der Waals surface area (Å²) in [5.41, 5.74) is -0.0612. The van der Waals surface area contributed by atoms with Gasteiger partial charge in [0.2, 0.25) is 5.91 Å². The Balaban J connectivity index is 2.13. The summed E-state index contributed by atoms with van der Waals surface area (Å²) in [6.07, 6.45) is 5.97. The lowest BCUT2D eigenvalue weighted by atomic mass is 10.3. The molecule has 0 saturated heterocycles. The molecule has 0 aliphatic heterocycles. The first-order valence-corrected chi connectivity index (χ1v) is 6.24. The minimum atomic E-state index is -0.397. The highest BCUT2D eigenvalue weighted by Gasteiger charge is 2.05. The fourth-order valence-corrected chi connectivity index (χ4v) is 2.01. The van der Waals surface area contributed by atoms with Crippen LogP contribution >= 0.6 is 15.9 Å². The SMILES string of the molecule is Cn1cc(Br)cc(NC(=O)C=Cc2ccco2)c1=O. The fraction of sp³-hybridized carbons (Fsp3) is 0.0769. The van der Waals surface area contributed by atoms with Crippen molar-refractivity contribution in [3.05, 3.63) is 57.3 Å². The number of nitrogens with one attached hydrogen (secondary N) is 1. The largest absolute Gasteiger partial charge is 0.465 e. The number of hydrogen-bond acceptors (Lipinski definition) is 3. The van der Waals surface area contributed by atoms with Crippen LogP contribution in [0.25, 0.3) is 6.08 Å². The summed E-state index contributed by atoms with van der Waals surface area (Å²) in [5.74, 6) is 0.170. The third-order valence-electron chi connectivity index (χ3n) is 2.35. The van der Waals surface area contributed by atoms with Gasteiger partial charge in [-0.3, -0.25) is 9.59 Å². The van der Waals surface area contributed by atoms with Gasteiger partial charge in [-0.1, -0.05) is 0 Å². The number of halogens is 1. The lowest BCUT2D eigenvalue weighted by Gasteiger charge is -2.04.